The molecule has 0 saturated carbocycles. The first-order valence-corrected chi connectivity index (χ1v) is 9.80. The zero-order valence-electron chi connectivity index (χ0n) is 16.8. The summed E-state index contributed by atoms with van der Waals surface area (Å²) in [6.45, 7) is 2.34. The van der Waals surface area contributed by atoms with E-state index >= 15 is 0 Å². The van der Waals surface area contributed by atoms with Crippen molar-refractivity contribution in [3.8, 4) is 34.5 Å². The van der Waals surface area contributed by atoms with E-state index in [0.29, 0.717) is 42.8 Å². The third-order valence-electron chi connectivity index (χ3n) is 4.28. The van der Waals surface area contributed by atoms with E-state index in [0.717, 1.165) is 18.1 Å². The second-order valence-corrected chi connectivity index (χ2v) is 6.74. The fourth-order valence-electron chi connectivity index (χ4n) is 2.72. The van der Waals surface area contributed by atoms with Crippen LogP contribution in [0.5, 0.6) is 34.5 Å². The minimum Gasteiger partial charge on any atom is -0.491 e. The van der Waals surface area contributed by atoms with E-state index in [1.54, 1.807) is 7.11 Å². The molecule has 1 heterocycles. The Morgan fingerprint density at radius 3 is 1.67 bits per heavy atom. The molecule has 1 unspecified atom stereocenters. The summed E-state index contributed by atoms with van der Waals surface area (Å²) in [4.78, 5) is 0. The van der Waals surface area contributed by atoms with Crippen molar-refractivity contribution in [2.24, 2.45) is 0 Å². The molecule has 0 aromatic heterocycles. The van der Waals surface area contributed by atoms with Crippen molar-refractivity contribution in [2.45, 2.75) is 6.10 Å². The Labute approximate surface area is 175 Å². The van der Waals surface area contributed by atoms with Gasteiger partial charge < -0.3 is 28.4 Å². The Balaban J connectivity index is 1.38. The fourth-order valence-corrected chi connectivity index (χ4v) is 2.72. The first-order valence-electron chi connectivity index (χ1n) is 9.80. The third-order valence-corrected chi connectivity index (χ3v) is 4.28. The Hall–Kier alpha value is -3.22. The van der Waals surface area contributed by atoms with Crippen LogP contribution < -0.4 is 18.9 Å². The van der Waals surface area contributed by atoms with E-state index in [1.165, 1.54) is 0 Å². The monoisotopic (exact) mass is 408 g/mol. The number of epoxide rings is 1. The van der Waals surface area contributed by atoms with E-state index in [-0.39, 0.29) is 6.10 Å². The van der Waals surface area contributed by atoms with Crippen LogP contribution in [0.3, 0.4) is 0 Å². The zero-order chi connectivity index (χ0) is 20.6. The lowest BCUT2D eigenvalue weighted by Crippen LogP contribution is -2.04. The average molecular weight is 408 g/mol. The Kier molecular flexibility index (Phi) is 6.69. The molecule has 0 aliphatic carbocycles. The van der Waals surface area contributed by atoms with Crippen LogP contribution >= 0.6 is 0 Å². The van der Waals surface area contributed by atoms with Crippen LogP contribution in [0.4, 0.5) is 0 Å². The number of rotatable bonds is 11. The number of benzene rings is 3. The zero-order valence-corrected chi connectivity index (χ0v) is 16.8. The average Bonchev–Trinajstić information content (AvgIpc) is 3.58. The third kappa shape index (κ3) is 6.14. The van der Waals surface area contributed by atoms with Crippen LogP contribution in [-0.2, 0) is 9.47 Å². The molecule has 0 N–H and O–H groups in total. The molecule has 3 aromatic rings. The highest BCUT2D eigenvalue weighted by molar-refractivity contribution is 5.42. The highest BCUT2D eigenvalue weighted by Crippen LogP contribution is 2.31. The van der Waals surface area contributed by atoms with Crippen LogP contribution in [-0.4, -0.2) is 39.6 Å². The van der Waals surface area contributed by atoms with E-state index in [1.807, 2.05) is 72.8 Å². The summed E-state index contributed by atoms with van der Waals surface area (Å²) < 4.78 is 33.5. The molecular formula is C24H24O6. The van der Waals surface area contributed by atoms with Crippen molar-refractivity contribution in [1.29, 1.82) is 0 Å². The van der Waals surface area contributed by atoms with Gasteiger partial charge in [0.1, 0.15) is 53.8 Å². The standard InChI is InChI=1S/C24H24O6/c1-25-11-12-26-18-5-2-7-20(13-18)29-22-9-4-10-23(15-22)30-21-8-3-6-19(14-21)27-16-24-17-28-24/h2-10,13-15,24H,11-12,16-17H2,1H3. The van der Waals surface area contributed by atoms with Gasteiger partial charge in [-0.3, -0.25) is 0 Å². The van der Waals surface area contributed by atoms with Gasteiger partial charge in [0.15, 0.2) is 0 Å². The van der Waals surface area contributed by atoms with Crippen molar-refractivity contribution < 1.29 is 28.4 Å². The SMILES string of the molecule is COCCOc1cccc(Oc2cccc(Oc3cccc(OCC4CO4)c3)c2)c1. The van der Waals surface area contributed by atoms with Crippen LogP contribution in [0.15, 0.2) is 72.8 Å². The van der Waals surface area contributed by atoms with Crippen molar-refractivity contribution in [3.63, 3.8) is 0 Å². The molecule has 1 saturated heterocycles. The molecule has 6 nitrogen and oxygen atoms in total. The van der Waals surface area contributed by atoms with E-state index < -0.39 is 0 Å². The van der Waals surface area contributed by atoms with Crippen molar-refractivity contribution in [3.05, 3.63) is 72.8 Å². The number of hydrogen-bond donors (Lipinski definition) is 0. The minimum atomic E-state index is 0.215. The first kappa shape index (κ1) is 20.1. The highest BCUT2D eigenvalue weighted by Gasteiger charge is 2.23. The van der Waals surface area contributed by atoms with Gasteiger partial charge in [0.05, 0.1) is 13.2 Å². The molecule has 0 amide bonds. The van der Waals surface area contributed by atoms with Crippen molar-refractivity contribution >= 4 is 0 Å². The lowest BCUT2D eigenvalue weighted by Gasteiger charge is -2.11. The predicted molar refractivity (Wildman–Crippen MR) is 112 cm³/mol. The van der Waals surface area contributed by atoms with Gasteiger partial charge in [-0.25, -0.2) is 0 Å². The smallest absolute Gasteiger partial charge is 0.131 e. The van der Waals surface area contributed by atoms with E-state index in [9.17, 15) is 0 Å². The van der Waals surface area contributed by atoms with Gasteiger partial charge in [0.25, 0.3) is 0 Å². The summed E-state index contributed by atoms with van der Waals surface area (Å²) in [6, 6.07) is 22.5. The predicted octanol–water partition coefficient (Wildman–Crippen LogP) is 5.07. The summed E-state index contributed by atoms with van der Waals surface area (Å²) in [7, 11) is 1.64. The second-order valence-electron chi connectivity index (χ2n) is 6.74. The topological polar surface area (TPSA) is 58.7 Å². The minimum absolute atomic E-state index is 0.215. The maximum Gasteiger partial charge on any atom is 0.131 e. The van der Waals surface area contributed by atoms with Gasteiger partial charge >= 0.3 is 0 Å². The Morgan fingerprint density at radius 2 is 1.17 bits per heavy atom. The molecule has 1 aliphatic rings. The van der Waals surface area contributed by atoms with Crippen LogP contribution in [0.2, 0.25) is 0 Å². The fraction of sp³-hybridized carbons (Fsp3) is 0.250. The van der Waals surface area contributed by atoms with Gasteiger partial charge in [-0.05, 0) is 36.4 Å². The maximum atomic E-state index is 5.98. The largest absolute Gasteiger partial charge is 0.491 e. The quantitative estimate of drug-likeness (QED) is 0.326. The molecule has 0 radical (unpaired) electrons. The summed E-state index contributed by atoms with van der Waals surface area (Å²) in [5.41, 5.74) is 0. The van der Waals surface area contributed by atoms with Gasteiger partial charge in [-0.1, -0.05) is 18.2 Å². The Morgan fingerprint density at radius 1 is 0.700 bits per heavy atom. The summed E-state index contributed by atoms with van der Waals surface area (Å²) in [5, 5.41) is 0. The van der Waals surface area contributed by atoms with E-state index in [4.69, 9.17) is 28.4 Å². The summed E-state index contributed by atoms with van der Waals surface area (Å²) in [6.07, 6.45) is 0.215. The molecule has 4 rings (SSSR count). The summed E-state index contributed by atoms with van der Waals surface area (Å²) >= 11 is 0. The molecule has 1 fully saturated rings. The maximum absolute atomic E-state index is 5.98. The number of hydrogen-bond acceptors (Lipinski definition) is 6. The number of methoxy groups -OCH3 is 1. The second kappa shape index (κ2) is 10.0. The molecule has 1 atom stereocenters. The van der Waals surface area contributed by atoms with E-state index in [2.05, 4.69) is 0 Å². The van der Waals surface area contributed by atoms with Crippen molar-refractivity contribution in [2.75, 3.05) is 33.5 Å². The normalized spacial score (nSPS) is 14.8. The van der Waals surface area contributed by atoms with Gasteiger partial charge in [-0.2, -0.15) is 0 Å². The van der Waals surface area contributed by atoms with Crippen LogP contribution in [0, 0.1) is 0 Å². The number of ether oxygens (including phenoxy) is 6. The van der Waals surface area contributed by atoms with Gasteiger partial charge in [-0.15, -0.1) is 0 Å². The summed E-state index contributed by atoms with van der Waals surface area (Å²) in [5.74, 6) is 4.18. The van der Waals surface area contributed by atoms with Crippen LogP contribution in [0.25, 0.3) is 0 Å². The highest BCUT2D eigenvalue weighted by atomic mass is 16.6. The molecule has 1 aliphatic heterocycles. The molecule has 6 heteroatoms. The van der Waals surface area contributed by atoms with Gasteiger partial charge in [0, 0.05) is 25.3 Å². The van der Waals surface area contributed by atoms with Crippen molar-refractivity contribution in [1.82, 2.24) is 0 Å². The molecule has 0 spiro atoms. The Bertz CT molecular complexity index is 954. The molecule has 3 aromatic carbocycles. The molecule has 0 bridgehead atoms. The lowest BCUT2D eigenvalue weighted by atomic mass is 10.3. The van der Waals surface area contributed by atoms with Gasteiger partial charge in [0.2, 0.25) is 0 Å². The molecular weight excluding hydrogens is 384 g/mol. The first-order chi connectivity index (χ1) is 14.8. The molecule has 156 valence electrons. The lowest BCUT2D eigenvalue weighted by molar-refractivity contribution is 0.146. The van der Waals surface area contributed by atoms with Crippen LogP contribution in [0.1, 0.15) is 0 Å². The molecule has 30 heavy (non-hydrogen) atoms.